The molecule has 1 atom stereocenters. The minimum Gasteiger partial charge on any atom is -0.338 e. The first-order valence-corrected chi connectivity index (χ1v) is 9.95. The van der Waals surface area contributed by atoms with Crippen LogP contribution in [0.4, 0.5) is 0 Å². The maximum Gasteiger partial charge on any atom is 0.352 e. The van der Waals surface area contributed by atoms with E-state index in [1.165, 1.54) is 4.68 Å². The van der Waals surface area contributed by atoms with E-state index in [0.717, 1.165) is 36.7 Å². The molecule has 1 aliphatic rings. The van der Waals surface area contributed by atoms with Crippen molar-refractivity contribution in [3.63, 3.8) is 0 Å². The fourth-order valence-electron chi connectivity index (χ4n) is 3.99. The van der Waals surface area contributed by atoms with E-state index in [1.807, 2.05) is 49.9 Å². The number of rotatable bonds is 2. The van der Waals surface area contributed by atoms with Crippen molar-refractivity contribution < 1.29 is 4.79 Å². The number of amides is 1. The van der Waals surface area contributed by atoms with Crippen molar-refractivity contribution in [1.29, 1.82) is 0 Å². The number of carbonyl (C=O) groups excluding carboxylic acids is 1. The van der Waals surface area contributed by atoms with Crippen LogP contribution < -0.4 is 5.69 Å². The first-order chi connectivity index (χ1) is 13.3. The van der Waals surface area contributed by atoms with E-state index in [-0.39, 0.29) is 29.6 Å². The summed E-state index contributed by atoms with van der Waals surface area (Å²) in [5.41, 5.74) is 0.704. The third kappa shape index (κ3) is 3.08. The standard InChI is InChI=1S/C21H27N5O2/c1-14-9-7-8-12-24(14)17(27)13-25-20(28)26-18(23-25)15-10-5-6-11-16(15)22-19(26)21(2,3)4/h5-6,10-11,14H,7-9,12-13H2,1-4H3/t14-/m1/s1. The normalized spacial score (nSPS) is 18.1. The molecule has 7 nitrogen and oxygen atoms in total. The van der Waals surface area contributed by atoms with E-state index in [2.05, 4.69) is 12.0 Å². The summed E-state index contributed by atoms with van der Waals surface area (Å²) >= 11 is 0. The number of para-hydroxylation sites is 1. The summed E-state index contributed by atoms with van der Waals surface area (Å²) in [5.74, 6) is 0.600. The van der Waals surface area contributed by atoms with E-state index in [1.54, 1.807) is 4.40 Å². The van der Waals surface area contributed by atoms with Gasteiger partial charge in [0.2, 0.25) is 5.91 Å². The van der Waals surface area contributed by atoms with E-state index in [9.17, 15) is 9.59 Å². The minimum atomic E-state index is -0.342. The van der Waals surface area contributed by atoms with Gasteiger partial charge >= 0.3 is 5.69 Å². The molecule has 1 aromatic carbocycles. The lowest BCUT2D eigenvalue weighted by Crippen LogP contribution is -2.44. The van der Waals surface area contributed by atoms with Crippen molar-refractivity contribution in [3.8, 4) is 0 Å². The molecule has 1 fully saturated rings. The Morgan fingerprint density at radius 1 is 1.21 bits per heavy atom. The van der Waals surface area contributed by atoms with Gasteiger partial charge in [-0.25, -0.2) is 18.9 Å². The molecule has 4 rings (SSSR count). The third-order valence-corrected chi connectivity index (χ3v) is 5.50. The first-order valence-electron chi connectivity index (χ1n) is 9.95. The number of hydrogen-bond acceptors (Lipinski definition) is 4. The van der Waals surface area contributed by atoms with Crippen LogP contribution in [0.3, 0.4) is 0 Å². The van der Waals surface area contributed by atoms with Crippen LogP contribution in [0, 0.1) is 0 Å². The highest BCUT2D eigenvalue weighted by Crippen LogP contribution is 2.25. The van der Waals surface area contributed by atoms with E-state index < -0.39 is 0 Å². The highest BCUT2D eigenvalue weighted by molar-refractivity contribution is 5.91. The highest BCUT2D eigenvalue weighted by atomic mass is 16.2. The summed E-state index contributed by atoms with van der Waals surface area (Å²) in [5, 5.41) is 5.36. The predicted molar refractivity (Wildman–Crippen MR) is 108 cm³/mol. The predicted octanol–water partition coefficient (Wildman–Crippen LogP) is 2.74. The smallest absolute Gasteiger partial charge is 0.338 e. The summed E-state index contributed by atoms with van der Waals surface area (Å²) in [6.07, 6.45) is 3.17. The van der Waals surface area contributed by atoms with Gasteiger partial charge in [-0.05, 0) is 38.3 Å². The Labute approximate surface area is 164 Å². The largest absolute Gasteiger partial charge is 0.352 e. The van der Waals surface area contributed by atoms with Crippen LogP contribution in [0.25, 0.3) is 16.6 Å². The molecule has 1 aliphatic heterocycles. The molecular formula is C21H27N5O2. The van der Waals surface area contributed by atoms with Crippen LogP contribution in [0.1, 0.15) is 52.8 Å². The number of piperidine rings is 1. The molecule has 0 N–H and O–H groups in total. The Morgan fingerprint density at radius 3 is 2.68 bits per heavy atom. The SMILES string of the molecule is C[C@@H]1CCCCN1C(=O)Cn1nc2c3ccccc3nc(C(C)(C)C)n2c1=O. The molecule has 1 amide bonds. The van der Waals surface area contributed by atoms with Crippen molar-refractivity contribution in [1.82, 2.24) is 24.1 Å². The van der Waals surface area contributed by atoms with Crippen molar-refractivity contribution in [2.24, 2.45) is 0 Å². The zero-order valence-corrected chi connectivity index (χ0v) is 17.0. The second-order valence-electron chi connectivity index (χ2n) is 8.73. The van der Waals surface area contributed by atoms with Crippen molar-refractivity contribution in [2.45, 2.75) is 65.0 Å². The second kappa shape index (κ2) is 6.72. The molecule has 0 aliphatic carbocycles. The lowest BCUT2D eigenvalue weighted by Gasteiger charge is -2.33. The van der Waals surface area contributed by atoms with Gasteiger partial charge in [0.1, 0.15) is 12.4 Å². The molecule has 1 saturated heterocycles. The number of fused-ring (bicyclic) bond motifs is 3. The Balaban J connectivity index is 1.85. The van der Waals surface area contributed by atoms with Gasteiger partial charge in [0, 0.05) is 23.4 Å². The van der Waals surface area contributed by atoms with E-state index >= 15 is 0 Å². The van der Waals surface area contributed by atoms with Crippen LogP contribution >= 0.6 is 0 Å². The second-order valence-corrected chi connectivity index (χ2v) is 8.73. The maximum absolute atomic E-state index is 13.2. The van der Waals surface area contributed by atoms with Gasteiger partial charge in [0.25, 0.3) is 0 Å². The molecule has 2 aromatic heterocycles. The maximum atomic E-state index is 13.2. The van der Waals surface area contributed by atoms with Gasteiger partial charge in [-0.1, -0.05) is 32.9 Å². The highest BCUT2D eigenvalue weighted by Gasteiger charge is 2.27. The minimum absolute atomic E-state index is 0.0389. The van der Waals surface area contributed by atoms with Gasteiger partial charge in [-0.15, -0.1) is 5.10 Å². The zero-order valence-electron chi connectivity index (χ0n) is 17.0. The molecule has 0 bridgehead atoms. The Hall–Kier alpha value is -2.70. The number of nitrogens with zero attached hydrogens (tertiary/aromatic N) is 5. The monoisotopic (exact) mass is 381 g/mol. The van der Waals surface area contributed by atoms with Crippen molar-refractivity contribution in [3.05, 3.63) is 40.6 Å². The number of benzene rings is 1. The Morgan fingerprint density at radius 2 is 1.96 bits per heavy atom. The summed E-state index contributed by atoms with van der Waals surface area (Å²) in [6.45, 7) is 8.84. The Bertz CT molecular complexity index is 1110. The lowest BCUT2D eigenvalue weighted by atomic mass is 9.95. The molecule has 0 unspecified atom stereocenters. The number of aromatic nitrogens is 4. The van der Waals surface area contributed by atoms with Crippen molar-refractivity contribution >= 4 is 22.5 Å². The van der Waals surface area contributed by atoms with Gasteiger partial charge in [-0.3, -0.25) is 4.79 Å². The summed E-state index contributed by atoms with van der Waals surface area (Å²) in [7, 11) is 0. The third-order valence-electron chi connectivity index (χ3n) is 5.50. The molecule has 3 heterocycles. The topological polar surface area (TPSA) is 72.5 Å². The van der Waals surface area contributed by atoms with Crippen molar-refractivity contribution in [2.75, 3.05) is 6.54 Å². The van der Waals surface area contributed by atoms with Crippen LogP contribution in [-0.2, 0) is 16.8 Å². The number of carbonyl (C=O) groups is 1. The average Bonchev–Trinajstić information content (AvgIpc) is 2.97. The molecule has 0 saturated carbocycles. The zero-order chi connectivity index (χ0) is 20.1. The molecule has 28 heavy (non-hydrogen) atoms. The molecule has 3 aromatic rings. The average molecular weight is 381 g/mol. The molecule has 0 spiro atoms. The fourth-order valence-corrected chi connectivity index (χ4v) is 3.99. The van der Waals surface area contributed by atoms with Crippen LogP contribution in [0.5, 0.6) is 0 Å². The summed E-state index contributed by atoms with van der Waals surface area (Å²) in [6, 6.07) is 7.88. The number of likely N-dealkylation sites (tertiary alicyclic amines) is 1. The summed E-state index contributed by atoms with van der Waals surface area (Å²) < 4.78 is 2.86. The Kier molecular flexibility index (Phi) is 4.48. The first kappa shape index (κ1) is 18.7. The molecule has 0 radical (unpaired) electrons. The van der Waals surface area contributed by atoms with E-state index in [0.29, 0.717) is 11.5 Å². The quantitative estimate of drug-likeness (QED) is 0.684. The van der Waals surface area contributed by atoms with Crippen LogP contribution in [-0.4, -0.2) is 42.6 Å². The summed E-state index contributed by atoms with van der Waals surface area (Å²) in [4.78, 5) is 32.7. The van der Waals surface area contributed by atoms with Gasteiger partial charge in [-0.2, -0.15) is 0 Å². The van der Waals surface area contributed by atoms with Gasteiger partial charge in [0.15, 0.2) is 5.65 Å². The molecule has 7 heteroatoms. The number of hydrogen-bond donors (Lipinski definition) is 0. The van der Waals surface area contributed by atoms with Crippen LogP contribution in [0.15, 0.2) is 29.1 Å². The molecule has 148 valence electrons. The van der Waals surface area contributed by atoms with E-state index in [4.69, 9.17) is 4.98 Å². The molecular weight excluding hydrogens is 354 g/mol. The fraction of sp³-hybridized carbons (Fsp3) is 0.524. The van der Waals surface area contributed by atoms with Crippen LogP contribution in [0.2, 0.25) is 0 Å². The van der Waals surface area contributed by atoms with Gasteiger partial charge in [0.05, 0.1) is 5.52 Å². The van der Waals surface area contributed by atoms with Gasteiger partial charge < -0.3 is 4.90 Å². The lowest BCUT2D eigenvalue weighted by molar-refractivity contribution is -0.135.